The molecule has 1 aromatic rings. The van der Waals surface area contributed by atoms with E-state index in [9.17, 15) is 4.79 Å². The molecule has 1 saturated heterocycles. The smallest absolute Gasteiger partial charge is 0.409 e. The Hall–Kier alpha value is -2.05. The van der Waals surface area contributed by atoms with E-state index in [1.54, 1.807) is 18.1 Å². The van der Waals surface area contributed by atoms with Crippen LogP contribution >= 0.6 is 0 Å². The monoisotopic (exact) mass is 279 g/mol. The number of piperidine rings is 1. The molecule has 0 radical (unpaired) electrons. The van der Waals surface area contributed by atoms with Crippen LogP contribution in [0.5, 0.6) is 0 Å². The number of hydrogen-bond acceptors (Lipinski definition) is 6. The molecular formula is C13H21N5O2. The van der Waals surface area contributed by atoms with Crippen molar-refractivity contribution in [1.29, 1.82) is 0 Å². The van der Waals surface area contributed by atoms with E-state index >= 15 is 0 Å². The number of anilines is 2. The first-order valence-electron chi connectivity index (χ1n) is 6.92. The minimum atomic E-state index is -0.217. The van der Waals surface area contributed by atoms with Gasteiger partial charge in [-0.3, -0.25) is 0 Å². The summed E-state index contributed by atoms with van der Waals surface area (Å²) < 4.78 is 5.00. The quantitative estimate of drug-likeness (QED) is 0.870. The maximum absolute atomic E-state index is 11.6. The number of hydrogen-bond donors (Lipinski definition) is 2. The molecular weight excluding hydrogens is 258 g/mol. The van der Waals surface area contributed by atoms with Crippen LogP contribution in [-0.4, -0.2) is 53.7 Å². The summed E-state index contributed by atoms with van der Waals surface area (Å²) in [5.41, 5.74) is 0. The molecule has 0 unspecified atom stereocenters. The first kappa shape index (κ1) is 14.4. The van der Waals surface area contributed by atoms with Crippen molar-refractivity contribution in [3.8, 4) is 0 Å². The van der Waals surface area contributed by atoms with Crippen LogP contribution in [0.3, 0.4) is 0 Å². The highest BCUT2D eigenvalue weighted by atomic mass is 16.6. The Morgan fingerprint density at radius 2 is 2.25 bits per heavy atom. The number of amides is 1. The number of aromatic nitrogens is 2. The molecule has 1 amide bonds. The van der Waals surface area contributed by atoms with Crippen LogP contribution in [0, 0.1) is 0 Å². The van der Waals surface area contributed by atoms with Crippen LogP contribution in [-0.2, 0) is 4.74 Å². The average molecular weight is 279 g/mol. The van der Waals surface area contributed by atoms with Crippen LogP contribution < -0.4 is 10.6 Å². The Morgan fingerprint density at radius 1 is 1.50 bits per heavy atom. The molecule has 0 atom stereocenters. The highest BCUT2D eigenvalue weighted by Crippen LogP contribution is 2.16. The third kappa shape index (κ3) is 3.72. The SMILES string of the molecule is CCOC(=O)N1CCC(Nc2ccnc(NC)n2)CC1. The minimum Gasteiger partial charge on any atom is -0.450 e. The summed E-state index contributed by atoms with van der Waals surface area (Å²) in [5.74, 6) is 1.40. The standard InChI is InChI=1S/C13H21N5O2/c1-3-20-13(19)18-8-5-10(6-9-18)16-11-4-7-15-12(14-2)17-11/h4,7,10H,3,5-6,8-9H2,1-2H3,(H2,14,15,16,17). The van der Waals surface area contributed by atoms with Gasteiger partial charge in [-0.2, -0.15) is 4.98 Å². The Bertz CT molecular complexity index is 446. The Kier molecular flexibility index (Phi) is 4.97. The zero-order valence-electron chi connectivity index (χ0n) is 11.9. The van der Waals surface area contributed by atoms with Crippen LogP contribution in [0.4, 0.5) is 16.6 Å². The predicted molar refractivity (Wildman–Crippen MR) is 76.8 cm³/mol. The first-order chi connectivity index (χ1) is 9.72. The summed E-state index contributed by atoms with van der Waals surface area (Å²) in [4.78, 5) is 21.8. The van der Waals surface area contributed by atoms with Crippen molar-refractivity contribution in [2.75, 3.05) is 37.4 Å². The topological polar surface area (TPSA) is 79.4 Å². The van der Waals surface area contributed by atoms with Crippen molar-refractivity contribution < 1.29 is 9.53 Å². The van der Waals surface area contributed by atoms with Crippen LogP contribution in [0.25, 0.3) is 0 Å². The third-order valence-electron chi connectivity index (χ3n) is 3.25. The van der Waals surface area contributed by atoms with Crippen molar-refractivity contribution in [3.63, 3.8) is 0 Å². The second-order valence-corrected chi connectivity index (χ2v) is 4.62. The van der Waals surface area contributed by atoms with Crippen molar-refractivity contribution in [2.24, 2.45) is 0 Å². The van der Waals surface area contributed by atoms with Crippen LogP contribution in [0.2, 0.25) is 0 Å². The number of carbonyl (C=O) groups excluding carboxylic acids is 1. The van der Waals surface area contributed by atoms with E-state index in [0.717, 1.165) is 18.7 Å². The van der Waals surface area contributed by atoms with Crippen molar-refractivity contribution in [3.05, 3.63) is 12.3 Å². The zero-order chi connectivity index (χ0) is 14.4. The van der Waals surface area contributed by atoms with Gasteiger partial charge in [0.05, 0.1) is 6.61 Å². The van der Waals surface area contributed by atoms with Gasteiger partial charge >= 0.3 is 6.09 Å². The Labute approximate surface area is 118 Å². The van der Waals surface area contributed by atoms with E-state index in [-0.39, 0.29) is 6.09 Å². The van der Waals surface area contributed by atoms with E-state index in [4.69, 9.17) is 4.74 Å². The van der Waals surface area contributed by atoms with Gasteiger partial charge in [-0.1, -0.05) is 0 Å². The van der Waals surface area contributed by atoms with Gasteiger partial charge in [0.2, 0.25) is 5.95 Å². The number of carbonyl (C=O) groups is 1. The largest absolute Gasteiger partial charge is 0.450 e. The third-order valence-corrected chi connectivity index (χ3v) is 3.25. The van der Waals surface area contributed by atoms with Crippen LogP contribution in [0.15, 0.2) is 12.3 Å². The van der Waals surface area contributed by atoms with Gasteiger partial charge in [-0.05, 0) is 25.8 Å². The number of likely N-dealkylation sites (tertiary alicyclic amines) is 1. The summed E-state index contributed by atoms with van der Waals surface area (Å²) in [7, 11) is 1.79. The molecule has 2 rings (SSSR count). The average Bonchev–Trinajstić information content (AvgIpc) is 2.48. The van der Waals surface area contributed by atoms with Gasteiger partial charge < -0.3 is 20.3 Å². The molecule has 7 nitrogen and oxygen atoms in total. The predicted octanol–water partition coefficient (Wildman–Crippen LogP) is 1.55. The molecule has 1 aliphatic heterocycles. The number of ether oxygens (including phenoxy) is 1. The van der Waals surface area contributed by atoms with Gasteiger partial charge in [0.15, 0.2) is 0 Å². The summed E-state index contributed by atoms with van der Waals surface area (Å²) >= 11 is 0. The fourth-order valence-corrected chi connectivity index (χ4v) is 2.19. The molecule has 0 saturated carbocycles. The maximum Gasteiger partial charge on any atom is 0.409 e. The molecule has 20 heavy (non-hydrogen) atoms. The molecule has 2 heterocycles. The van der Waals surface area contributed by atoms with E-state index in [1.807, 2.05) is 13.0 Å². The molecule has 2 N–H and O–H groups in total. The Balaban J connectivity index is 1.83. The second-order valence-electron chi connectivity index (χ2n) is 4.62. The van der Waals surface area contributed by atoms with Gasteiger partial charge in [-0.25, -0.2) is 9.78 Å². The van der Waals surface area contributed by atoms with E-state index in [0.29, 0.717) is 31.7 Å². The fourth-order valence-electron chi connectivity index (χ4n) is 2.19. The van der Waals surface area contributed by atoms with E-state index < -0.39 is 0 Å². The maximum atomic E-state index is 11.6. The zero-order valence-corrected chi connectivity index (χ0v) is 11.9. The van der Waals surface area contributed by atoms with E-state index in [2.05, 4.69) is 20.6 Å². The molecule has 1 aliphatic rings. The van der Waals surface area contributed by atoms with Gasteiger partial charge in [0.25, 0.3) is 0 Å². The normalized spacial score (nSPS) is 15.8. The lowest BCUT2D eigenvalue weighted by atomic mass is 10.1. The van der Waals surface area contributed by atoms with Crippen LogP contribution in [0.1, 0.15) is 19.8 Å². The summed E-state index contributed by atoms with van der Waals surface area (Å²) in [6.45, 7) is 3.66. The molecule has 1 fully saturated rings. The molecule has 0 bridgehead atoms. The molecule has 0 aromatic carbocycles. The molecule has 1 aromatic heterocycles. The molecule has 0 aliphatic carbocycles. The molecule has 110 valence electrons. The second kappa shape index (κ2) is 6.93. The summed E-state index contributed by atoms with van der Waals surface area (Å²) in [6, 6.07) is 2.17. The highest BCUT2D eigenvalue weighted by Gasteiger charge is 2.23. The summed E-state index contributed by atoms with van der Waals surface area (Å²) in [6.07, 6.45) is 3.27. The number of nitrogens with one attached hydrogen (secondary N) is 2. The van der Waals surface area contributed by atoms with E-state index in [1.165, 1.54) is 0 Å². The minimum absolute atomic E-state index is 0.217. The van der Waals surface area contributed by atoms with Gasteiger partial charge in [-0.15, -0.1) is 0 Å². The van der Waals surface area contributed by atoms with Crippen molar-refractivity contribution in [2.45, 2.75) is 25.8 Å². The van der Waals surface area contributed by atoms with Gasteiger partial charge in [0.1, 0.15) is 5.82 Å². The fraction of sp³-hybridized carbons (Fsp3) is 0.615. The number of nitrogens with zero attached hydrogens (tertiary/aromatic N) is 3. The molecule has 0 spiro atoms. The lowest BCUT2D eigenvalue weighted by Crippen LogP contribution is -2.42. The van der Waals surface area contributed by atoms with Crippen molar-refractivity contribution in [1.82, 2.24) is 14.9 Å². The lowest BCUT2D eigenvalue weighted by molar-refractivity contribution is 0.0983. The first-order valence-corrected chi connectivity index (χ1v) is 6.92. The molecule has 7 heteroatoms. The lowest BCUT2D eigenvalue weighted by Gasteiger charge is -2.31. The highest BCUT2D eigenvalue weighted by molar-refractivity contribution is 5.67. The summed E-state index contributed by atoms with van der Waals surface area (Å²) in [5, 5.41) is 6.29. The number of rotatable bonds is 4. The van der Waals surface area contributed by atoms with Crippen molar-refractivity contribution >= 4 is 17.9 Å². The van der Waals surface area contributed by atoms with Gasteiger partial charge in [0, 0.05) is 32.4 Å². The Morgan fingerprint density at radius 3 is 2.90 bits per heavy atom.